The van der Waals surface area contributed by atoms with Gasteiger partial charge in [-0.15, -0.1) is 10.2 Å². The highest BCUT2D eigenvalue weighted by molar-refractivity contribution is 7.99. The molecule has 134 valence electrons. The van der Waals surface area contributed by atoms with E-state index in [-0.39, 0.29) is 5.75 Å². The lowest BCUT2D eigenvalue weighted by molar-refractivity contribution is -0.133. The second-order valence-electron chi connectivity index (χ2n) is 5.87. The Labute approximate surface area is 164 Å². The molecule has 0 radical (unpaired) electrons. The Bertz CT molecular complexity index is 1140. The smallest absolute Gasteiger partial charge is 0.313 e. The summed E-state index contributed by atoms with van der Waals surface area (Å²) in [5, 5.41) is 20.9. The summed E-state index contributed by atoms with van der Waals surface area (Å²) in [5.41, 5.74) is 1.67. The second-order valence-corrected chi connectivity index (χ2v) is 7.24. The van der Waals surface area contributed by atoms with Gasteiger partial charge in [-0.3, -0.25) is 9.36 Å². The molecule has 1 N–H and O–H groups in total. The molecule has 0 fully saturated rings. The first-order valence-corrected chi connectivity index (χ1v) is 9.53. The van der Waals surface area contributed by atoms with E-state index in [0.717, 1.165) is 33.8 Å². The van der Waals surface area contributed by atoms with Gasteiger partial charge in [-0.25, -0.2) is 0 Å². The molecule has 0 aliphatic carbocycles. The van der Waals surface area contributed by atoms with Crippen LogP contribution < -0.4 is 0 Å². The van der Waals surface area contributed by atoms with Crippen LogP contribution in [0, 0.1) is 0 Å². The van der Waals surface area contributed by atoms with Crippen LogP contribution in [0.5, 0.6) is 0 Å². The lowest BCUT2D eigenvalue weighted by Gasteiger charge is -2.11. The number of fused-ring (bicyclic) bond motifs is 1. The highest BCUT2D eigenvalue weighted by Crippen LogP contribution is 2.30. The third-order valence-electron chi connectivity index (χ3n) is 4.03. The zero-order chi connectivity index (χ0) is 18.8. The van der Waals surface area contributed by atoms with E-state index < -0.39 is 5.97 Å². The van der Waals surface area contributed by atoms with Crippen LogP contribution in [0.2, 0.25) is 5.02 Å². The first-order chi connectivity index (χ1) is 13.1. The lowest BCUT2D eigenvalue weighted by atomic mass is 10.1. The molecule has 27 heavy (non-hydrogen) atoms. The van der Waals surface area contributed by atoms with Crippen LogP contribution in [0.1, 0.15) is 0 Å². The summed E-state index contributed by atoms with van der Waals surface area (Å²) >= 11 is 7.28. The van der Waals surface area contributed by atoms with Crippen molar-refractivity contribution in [1.82, 2.24) is 14.8 Å². The van der Waals surface area contributed by atoms with E-state index in [9.17, 15) is 4.79 Å². The summed E-state index contributed by atoms with van der Waals surface area (Å²) in [7, 11) is 0. The number of aromatic nitrogens is 3. The summed E-state index contributed by atoms with van der Waals surface area (Å²) in [6.07, 6.45) is 0. The molecular weight excluding hydrogens is 382 g/mol. The summed E-state index contributed by atoms with van der Waals surface area (Å²) < 4.78 is 1.84. The molecule has 0 atom stereocenters. The van der Waals surface area contributed by atoms with Gasteiger partial charge in [-0.2, -0.15) is 0 Å². The van der Waals surface area contributed by atoms with Crippen molar-refractivity contribution in [2.24, 2.45) is 0 Å². The van der Waals surface area contributed by atoms with Gasteiger partial charge in [0.25, 0.3) is 0 Å². The normalized spacial score (nSPS) is 11.0. The molecule has 0 amide bonds. The first-order valence-electron chi connectivity index (χ1n) is 8.17. The van der Waals surface area contributed by atoms with Crippen molar-refractivity contribution in [3.8, 4) is 17.1 Å². The number of benzene rings is 3. The van der Waals surface area contributed by atoms with Crippen LogP contribution in [0.15, 0.2) is 71.9 Å². The van der Waals surface area contributed by atoms with Crippen LogP contribution in [0.25, 0.3) is 27.8 Å². The number of thioether (sulfide) groups is 1. The number of carbonyl (C=O) groups is 1. The van der Waals surface area contributed by atoms with Gasteiger partial charge in [0.2, 0.25) is 0 Å². The number of hydrogen-bond acceptors (Lipinski definition) is 4. The van der Waals surface area contributed by atoms with Gasteiger partial charge in [0, 0.05) is 10.6 Å². The maximum Gasteiger partial charge on any atom is 0.313 e. The Morgan fingerprint density at radius 1 is 1.00 bits per heavy atom. The SMILES string of the molecule is O=C(O)CSc1nnc(-c2ccc3ccccc3c2)n1-c1cccc(Cl)c1. The van der Waals surface area contributed by atoms with E-state index in [4.69, 9.17) is 16.7 Å². The van der Waals surface area contributed by atoms with Crippen molar-refractivity contribution in [2.75, 3.05) is 5.75 Å². The Kier molecular flexibility index (Phi) is 4.83. The molecule has 0 aliphatic heterocycles. The summed E-state index contributed by atoms with van der Waals surface area (Å²) in [4.78, 5) is 11.0. The minimum Gasteiger partial charge on any atom is -0.481 e. The average Bonchev–Trinajstić information content (AvgIpc) is 3.10. The Hall–Kier alpha value is -2.83. The largest absolute Gasteiger partial charge is 0.481 e. The van der Waals surface area contributed by atoms with Gasteiger partial charge < -0.3 is 5.11 Å². The van der Waals surface area contributed by atoms with E-state index in [1.54, 1.807) is 12.1 Å². The molecule has 1 heterocycles. The van der Waals surface area contributed by atoms with Crippen LogP contribution >= 0.6 is 23.4 Å². The lowest BCUT2D eigenvalue weighted by Crippen LogP contribution is -2.03. The first kappa shape index (κ1) is 17.6. The second kappa shape index (κ2) is 7.42. The number of hydrogen-bond donors (Lipinski definition) is 1. The molecule has 4 rings (SSSR count). The zero-order valence-corrected chi connectivity index (χ0v) is 15.6. The van der Waals surface area contributed by atoms with Crippen LogP contribution in [0.4, 0.5) is 0 Å². The molecule has 0 saturated heterocycles. The van der Waals surface area contributed by atoms with E-state index in [2.05, 4.69) is 16.3 Å². The van der Waals surface area contributed by atoms with Gasteiger partial charge in [-0.1, -0.05) is 65.8 Å². The molecule has 0 spiro atoms. The maximum absolute atomic E-state index is 11.0. The van der Waals surface area contributed by atoms with Gasteiger partial charge in [-0.05, 0) is 35.0 Å². The highest BCUT2D eigenvalue weighted by atomic mass is 35.5. The Morgan fingerprint density at radius 3 is 2.59 bits per heavy atom. The van der Waals surface area contributed by atoms with Crippen LogP contribution in [0.3, 0.4) is 0 Å². The van der Waals surface area contributed by atoms with Crippen LogP contribution in [-0.2, 0) is 4.79 Å². The zero-order valence-electron chi connectivity index (χ0n) is 14.0. The fourth-order valence-electron chi connectivity index (χ4n) is 2.85. The fourth-order valence-corrected chi connectivity index (χ4v) is 3.71. The van der Waals surface area contributed by atoms with E-state index in [1.165, 1.54) is 0 Å². The minimum atomic E-state index is -0.909. The van der Waals surface area contributed by atoms with Gasteiger partial charge in [0.1, 0.15) is 0 Å². The van der Waals surface area contributed by atoms with Crippen molar-refractivity contribution in [3.05, 3.63) is 71.8 Å². The molecule has 5 nitrogen and oxygen atoms in total. The number of carboxylic acid groups (broad SMARTS) is 1. The highest BCUT2D eigenvalue weighted by Gasteiger charge is 2.17. The molecular formula is C20H14ClN3O2S. The standard InChI is InChI=1S/C20H14ClN3O2S/c21-16-6-3-7-17(11-16)24-19(22-23-20(24)27-12-18(25)26)15-9-8-13-4-1-2-5-14(13)10-15/h1-11H,12H2,(H,25,26). The molecule has 0 aliphatic rings. The van der Waals surface area contributed by atoms with Crippen molar-refractivity contribution >= 4 is 40.1 Å². The van der Waals surface area contributed by atoms with E-state index in [1.807, 2.05) is 53.1 Å². The summed E-state index contributed by atoms with van der Waals surface area (Å²) in [6, 6.07) is 21.5. The molecule has 0 bridgehead atoms. The van der Waals surface area contributed by atoms with Crippen molar-refractivity contribution < 1.29 is 9.90 Å². The van der Waals surface area contributed by atoms with Gasteiger partial charge in [0.05, 0.1) is 11.4 Å². The third kappa shape index (κ3) is 3.67. The predicted molar refractivity (Wildman–Crippen MR) is 108 cm³/mol. The average molecular weight is 396 g/mol. The van der Waals surface area contributed by atoms with Crippen molar-refractivity contribution in [3.63, 3.8) is 0 Å². The summed E-state index contributed by atoms with van der Waals surface area (Å²) in [5.74, 6) is -0.375. The van der Waals surface area contributed by atoms with E-state index >= 15 is 0 Å². The van der Waals surface area contributed by atoms with Crippen LogP contribution in [-0.4, -0.2) is 31.6 Å². The van der Waals surface area contributed by atoms with Crippen molar-refractivity contribution in [1.29, 1.82) is 0 Å². The Balaban J connectivity index is 1.87. The Morgan fingerprint density at radius 2 is 1.81 bits per heavy atom. The quantitative estimate of drug-likeness (QED) is 0.486. The molecule has 1 aromatic heterocycles. The molecule has 4 aromatic rings. The van der Waals surface area contributed by atoms with Gasteiger partial charge >= 0.3 is 5.97 Å². The maximum atomic E-state index is 11.0. The topological polar surface area (TPSA) is 68.0 Å². The van der Waals surface area contributed by atoms with Gasteiger partial charge in [0.15, 0.2) is 11.0 Å². The molecule has 7 heteroatoms. The predicted octanol–water partition coefficient (Wildman–Crippen LogP) is 4.92. The van der Waals surface area contributed by atoms with E-state index in [0.29, 0.717) is 16.0 Å². The fraction of sp³-hybridized carbons (Fsp3) is 0.0500. The number of halogens is 1. The molecule has 3 aromatic carbocycles. The van der Waals surface area contributed by atoms with Crippen molar-refractivity contribution in [2.45, 2.75) is 5.16 Å². The number of nitrogens with zero attached hydrogens (tertiary/aromatic N) is 3. The monoisotopic (exact) mass is 395 g/mol. The third-order valence-corrected chi connectivity index (χ3v) is 5.18. The number of carboxylic acids is 1. The molecule has 0 unspecified atom stereocenters. The number of aliphatic carboxylic acids is 1. The molecule has 0 saturated carbocycles. The summed E-state index contributed by atoms with van der Waals surface area (Å²) in [6.45, 7) is 0. The number of rotatable bonds is 5. The minimum absolute atomic E-state index is 0.101.